The number of aromatic nitrogens is 2. The molecule has 1 aromatic heterocycles. The van der Waals surface area contributed by atoms with Gasteiger partial charge in [-0.25, -0.2) is 27.0 Å². The van der Waals surface area contributed by atoms with Crippen LogP contribution in [0.3, 0.4) is 0 Å². The zero-order valence-corrected chi connectivity index (χ0v) is 21.3. The SMILES string of the molecule is NS(=O)(=O)c1ccc(-c2c(-c3ccc(I)cc3)c(C(F)F)nn2-c2ccc(I)cc2)cc1. The molecule has 0 aliphatic heterocycles. The normalized spacial score (nSPS) is 11.8. The molecule has 164 valence electrons. The third-order valence-corrected chi connectivity index (χ3v) is 7.15. The van der Waals surface area contributed by atoms with E-state index in [1.165, 1.54) is 16.8 Å². The van der Waals surface area contributed by atoms with E-state index in [0.717, 1.165) is 7.14 Å². The van der Waals surface area contributed by atoms with Crippen molar-refractivity contribution in [2.24, 2.45) is 5.14 Å². The van der Waals surface area contributed by atoms with Crippen LogP contribution in [0.1, 0.15) is 12.1 Å². The molecule has 4 aromatic rings. The Labute approximate surface area is 211 Å². The number of benzene rings is 3. The van der Waals surface area contributed by atoms with Gasteiger partial charge in [-0.3, -0.25) is 0 Å². The standard InChI is InChI=1S/C22H15F2I2N3O2S/c23-22(24)20-19(13-1-5-15(25)6-2-13)21(14-3-11-18(12-4-14)32(27,30)31)29(28-20)17-9-7-16(26)8-10-17/h1-12,22H,(H2,27,30,31). The molecular weight excluding hydrogens is 662 g/mol. The molecule has 4 rings (SSSR count). The van der Waals surface area contributed by atoms with Gasteiger partial charge in [0.15, 0.2) is 0 Å². The zero-order chi connectivity index (χ0) is 23.0. The van der Waals surface area contributed by atoms with Crippen molar-refractivity contribution in [1.82, 2.24) is 9.78 Å². The van der Waals surface area contributed by atoms with E-state index in [0.29, 0.717) is 28.1 Å². The van der Waals surface area contributed by atoms with Crippen LogP contribution in [0.2, 0.25) is 0 Å². The van der Waals surface area contributed by atoms with Crippen molar-refractivity contribution in [2.45, 2.75) is 11.3 Å². The molecule has 0 amide bonds. The molecule has 2 N–H and O–H groups in total. The van der Waals surface area contributed by atoms with Crippen LogP contribution in [0.25, 0.3) is 28.1 Å². The van der Waals surface area contributed by atoms with E-state index in [1.54, 1.807) is 36.4 Å². The van der Waals surface area contributed by atoms with Crippen molar-refractivity contribution in [3.63, 3.8) is 0 Å². The fourth-order valence-electron chi connectivity index (χ4n) is 3.33. The first kappa shape index (κ1) is 23.3. The number of hydrogen-bond donors (Lipinski definition) is 1. The van der Waals surface area contributed by atoms with E-state index in [1.807, 2.05) is 24.3 Å². The Morgan fingerprint density at radius 1 is 0.812 bits per heavy atom. The third-order valence-electron chi connectivity index (χ3n) is 4.78. The molecule has 0 saturated carbocycles. The highest BCUT2D eigenvalue weighted by Crippen LogP contribution is 2.40. The van der Waals surface area contributed by atoms with Crippen LogP contribution in [-0.2, 0) is 10.0 Å². The first-order chi connectivity index (χ1) is 15.1. The van der Waals surface area contributed by atoms with Gasteiger partial charge in [-0.05, 0) is 99.3 Å². The van der Waals surface area contributed by atoms with Gasteiger partial charge in [0.25, 0.3) is 6.43 Å². The minimum Gasteiger partial charge on any atom is -0.232 e. The summed E-state index contributed by atoms with van der Waals surface area (Å²) in [5, 5.41) is 9.49. The number of hydrogen-bond acceptors (Lipinski definition) is 3. The molecule has 0 aliphatic carbocycles. The Hall–Kier alpha value is -1.90. The highest BCUT2D eigenvalue weighted by molar-refractivity contribution is 14.1. The maximum atomic E-state index is 14.1. The lowest BCUT2D eigenvalue weighted by atomic mass is 9.98. The summed E-state index contributed by atoms with van der Waals surface area (Å²) in [6, 6.07) is 20.3. The second-order valence-electron chi connectivity index (χ2n) is 6.87. The summed E-state index contributed by atoms with van der Waals surface area (Å²) < 4.78 is 55.0. The van der Waals surface area contributed by atoms with Crippen molar-refractivity contribution in [2.75, 3.05) is 0 Å². The molecule has 5 nitrogen and oxygen atoms in total. The van der Waals surface area contributed by atoms with E-state index < -0.39 is 16.4 Å². The van der Waals surface area contributed by atoms with Crippen LogP contribution in [0.4, 0.5) is 8.78 Å². The average molecular weight is 677 g/mol. The van der Waals surface area contributed by atoms with E-state index in [2.05, 4.69) is 50.3 Å². The third kappa shape index (κ3) is 4.72. The first-order valence-electron chi connectivity index (χ1n) is 9.21. The van der Waals surface area contributed by atoms with Gasteiger partial charge in [0.05, 0.1) is 16.3 Å². The molecule has 32 heavy (non-hydrogen) atoms. The summed E-state index contributed by atoms with van der Waals surface area (Å²) in [5.41, 5.74) is 2.10. The number of nitrogens with zero attached hydrogens (tertiary/aromatic N) is 2. The molecule has 0 fully saturated rings. The second kappa shape index (κ2) is 9.15. The summed E-state index contributed by atoms with van der Waals surface area (Å²) in [6.07, 6.45) is -2.81. The van der Waals surface area contributed by atoms with Gasteiger partial charge >= 0.3 is 0 Å². The van der Waals surface area contributed by atoms with Crippen LogP contribution < -0.4 is 5.14 Å². The Bertz CT molecular complexity index is 1370. The van der Waals surface area contributed by atoms with E-state index >= 15 is 0 Å². The Kier molecular flexibility index (Phi) is 6.66. The number of alkyl halides is 2. The van der Waals surface area contributed by atoms with Crippen molar-refractivity contribution >= 4 is 55.2 Å². The maximum Gasteiger partial charge on any atom is 0.282 e. The predicted molar refractivity (Wildman–Crippen MR) is 136 cm³/mol. The van der Waals surface area contributed by atoms with Gasteiger partial charge in [0, 0.05) is 18.3 Å². The Balaban J connectivity index is 2.04. The van der Waals surface area contributed by atoms with Crippen LogP contribution in [-0.4, -0.2) is 18.2 Å². The second-order valence-corrected chi connectivity index (χ2v) is 10.9. The van der Waals surface area contributed by atoms with Gasteiger partial charge in [0.2, 0.25) is 10.0 Å². The molecule has 3 aromatic carbocycles. The van der Waals surface area contributed by atoms with Gasteiger partial charge < -0.3 is 0 Å². The Morgan fingerprint density at radius 3 is 1.81 bits per heavy atom. The fraction of sp³-hybridized carbons (Fsp3) is 0.0455. The molecule has 1 heterocycles. The van der Waals surface area contributed by atoms with Crippen molar-refractivity contribution in [3.05, 3.63) is 85.6 Å². The fourth-order valence-corrected chi connectivity index (χ4v) is 4.56. The maximum absolute atomic E-state index is 14.1. The highest BCUT2D eigenvalue weighted by atomic mass is 127. The van der Waals surface area contributed by atoms with Crippen LogP contribution in [0, 0.1) is 7.14 Å². The summed E-state index contributed by atoms with van der Waals surface area (Å²) in [7, 11) is -3.89. The van der Waals surface area contributed by atoms with E-state index in [-0.39, 0.29) is 10.6 Å². The minimum absolute atomic E-state index is 0.0634. The molecule has 10 heteroatoms. The number of rotatable bonds is 5. The largest absolute Gasteiger partial charge is 0.282 e. The molecule has 0 spiro atoms. The summed E-state index contributed by atoms with van der Waals surface area (Å²) in [5.74, 6) is 0. The monoisotopic (exact) mass is 677 g/mol. The number of nitrogens with two attached hydrogens (primary N) is 1. The van der Waals surface area contributed by atoms with E-state index in [4.69, 9.17) is 5.14 Å². The molecular formula is C22H15F2I2N3O2S. The smallest absolute Gasteiger partial charge is 0.232 e. The molecule has 0 saturated heterocycles. The lowest BCUT2D eigenvalue weighted by Gasteiger charge is -2.12. The topological polar surface area (TPSA) is 78.0 Å². The van der Waals surface area contributed by atoms with Crippen molar-refractivity contribution < 1.29 is 17.2 Å². The lowest BCUT2D eigenvalue weighted by Crippen LogP contribution is -2.11. The average Bonchev–Trinajstić information content (AvgIpc) is 3.15. The first-order valence-corrected chi connectivity index (χ1v) is 12.9. The van der Waals surface area contributed by atoms with Crippen molar-refractivity contribution in [1.29, 1.82) is 0 Å². The number of primary sulfonamides is 1. The lowest BCUT2D eigenvalue weighted by molar-refractivity contribution is 0.146. The van der Waals surface area contributed by atoms with Gasteiger partial charge in [-0.2, -0.15) is 5.10 Å². The minimum atomic E-state index is -3.89. The van der Waals surface area contributed by atoms with Crippen LogP contribution in [0.5, 0.6) is 0 Å². The summed E-state index contributed by atoms with van der Waals surface area (Å²) in [4.78, 5) is -0.0634. The molecule has 0 aliphatic rings. The number of sulfonamides is 1. The van der Waals surface area contributed by atoms with Crippen LogP contribution >= 0.6 is 45.2 Å². The number of halogens is 4. The molecule has 0 radical (unpaired) electrons. The molecule has 0 atom stereocenters. The quantitative estimate of drug-likeness (QED) is 0.264. The van der Waals surface area contributed by atoms with Gasteiger partial charge in [0.1, 0.15) is 5.69 Å². The molecule has 0 unspecified atom stereocenters. The zero-order valence-electron chi connectivity index (χ0n) is 16.2. The predicted octanol–water partition coefficient (Wildman–Crippen LogP) is 6.00. The summed E-state index contributed by atoms with van der Waals surface area (Å²) >= 11 is 4.31. The van der Waals surface area contributed by atoms with Crippen molar-refractivity contribution in [3.8, 4) is 28.1 Å². The summed E-state index contributed by atoms with van der Waals surface area (Å²) in [6.45, 7) is 0. The van der Waals surface area contributed by atoms with Gasteiger partial charge in [-0.15, -0.1) is 0 Å². The van der Waals surface area contributed by atoms with Crippen LogP contribution in [0.15, 0.2) is 77.7 Å². The Morgan fingerprint density at radius 2 is 1.31 bits per heavy atom. The van der Waals surface area contributed by atoms with E-state index in [9.17, 15) is 17.2 Å². The van der Waals surface area contributed by atoms with Gasteiger partial charge in [-0.1, -0.05) is 24.3 Å². The highest BCUT2D eigenvalue weighted by Gasteiger charge is 2.27. The molecule has 0 bridgehead atoms.